The average molecular weight is 826 g/mol. The number of carbonyl (C=O) groups is 1. The van der Waals surface area contributed by atoms with Crippen molar-refractivity contribution in [2.24, 2.45) is 0 Å². The minimum atomic E-state index is -5.15. The number of amides is 1. The summed E-state index contributed by atoms with van der Waals surface area (Å²) in [5.41, 5.74) is 0. The van der Waals surface area contributed by atoms with E-state index in [1.54, 1.807) is 0 Å². The van der Waals surface area contributed by atoms with Crippen LogP contribution in [-0.2, 0) is 18.4 Å². The number of hydrogen-bond donors (Lipinski definition) is 9. The fourth-order valence-corrected chi connectivity index (χ4v) is 8.44. The van der Waals surface area contributed by atoms with Gasteiger partial charge in [-0.25, -0.2) is 4.57 Å². The average Bonchev–Trinajstić information content (AvgIpc) is 3.18. The summed E-state index contributed by atoms with van der Waals surface area (Å²) in [6.45, 7) is 3.69. The number of hydrogen-bond acceptors (Lipinski definition) is 11. The van der Waals surface area contributed by atoms with Gasteiger partial charge < -0.3 is 46.0 Å². The number of aliphatic hydroxyl groups is 7. The van der Waals surface area contributed by atoms with Crippen molar-refractivity contribution in [2.45, 2.75) is 255 Å². The van der Waals surface area contributed by atoms with Crippen LogP contribution in [-0.4, -0.2) is 108 Å². The maximum atomic E-state index is 13.0. The van der Waals surface area contributed by atoms with Gasteiger partial charge in [-0.2, -0.15) is 0 Å². The Kier molecular flexibility index (Phi) is 31.5. The van der Waals surface area contributed by atoms with Crippen LogP contribution in [0.2, 0.25) is 0 Å². The number of rotatable bonds is 37. The second-order valence-electron chi connectivity index (χ2n) is 16.4. The lowest BCUT2D eigenvalue weighted by Crippen LogP contribution is -2.64. The van der Waals surface area contributed by atoms with Crippen LogP contribution in [0.5, 0.6) is 0 Å². The van der Waals surface area contributed by atoms with Crippen molar-refractivity contribution in [3.8, 4) is 0 Å². The quantitative estimate of drug-likeness (QED) is 0.0231. The lowest BCUT2D eigenvalue weighted by atomic mass is 9.85. The molecule has 0 aromatic heterocycles. The maximum Gasteiger partial charge on any atom is 0.472 e. The van der Waals surface area contributed by atoms with Crippen molar-refractivity contribution < 1.29 is 59.0 Å². The van der Waals surface area contributed by atoms with Gasteiger partial charge in [0, 0.05) is 6.42 Å². The Morgan fingerprint density at radius 1 is 0.554 bits per heavy atom. The third kappa shape index (κ3) is 24.4. The lowest BCUT2D eigenvalue weighted by Gasteiger charge is -2.41. The van der Waals surface area contributed by atoms with Crippen molar-refractivity contribution in [2.75, 3.05) is 6.61 Å². The van der Waals surface area contributed by atoms with Crippen molar-refractivity contribution in [3.05, 3.63) is 0 Å². The van der Waals surface area contributed by atoms with Gasteiger partial charge in [0.15, 0.2) is 0 Å². The van der Waals surface area contributed by atoms with Gasteiger partial charge in [0.25, 0.3) is 0 Å². The zero-order valence-electron chi connectivity index (χ0n) is 35.1. The van der Waals surface area contributed by atoms with Crippen LogP contribution in [0.1, 0.15) is 200 Å². The van der Waals surface area contributed by atoms with E-state index in [2.05, 4.69) is 19.2 Å². The summed E-state index contributed by atoms with van der Waals surface area (Å²) in [4.78, 5) is 23.4. The fraction of sp³-hybridized carbons (Fsp3) is 0.976. The molecule has 56 heavy (non-hydrogen) atoms. The standard InChI is InChI=1S/C42H84NO12P/c1-3-5-7-9-11-13-15-17-18-19-21-23-25-27-29-31-35(45)43-33(32-54-56(52,53)55-42-40(50)38(48)37(47)39(49)41(42)51)36(46)34(44)30-28-26-24-22-20-16-14-12-10-8-6-4-2/h33-34,36-42,44,46-51H,3-32H2,1-2H3,(H,43,45)(H,52,53)/t33-,34+,36-,37?,38+,39?,40?,41?,42?/m0/s1. The van der Waals surface area contributed by atoms with Crippen LogP contribution < -0.4 is 5.32 Å². The number of aliphatic hydroxyl groups excluding tert-OH is 7. The Morgan fingerprint density at radius 2 is 0.893 bits per heavy atom. The van der Waals surface area contributed by atoms with E-state index in [1.165, 1.54) is 122 Å². The number of carbonyl (C=O) groups excluding carboxylic acids is 1. The minimum absolute atomic E-state index is 0.155. The molecule has 0 saturated heterocycles. The molecule has 0 bridgehead atoms. The molecule has 9 N–H and O–H groups in total. The van der Waals surface area contributed by atoms with E-state index in [9.17, 15) is 50.0 Å². The van der Waals surface area contributed by atoms with Crippen LogP contribution in [0.25, 0.3) is 0 Å². The van der Waals surface area contributed by atoms with Gasteiger partial charge >= 0.3 is 7.82 Å². The lowest BCUT2D eigenvalue weighted by molar-refractivity contribution is -0.220. The molecule has 1 saturated carbocycles. The molecule has 0 aliphatic heterocycles. The second kappa shape index (κ2) is 33.1. The molecular formula is C42H84NO12P. The van der Waals surface area contributed by atoms with Crippen molar-refractivity contribution in [1.82, 2.24) is 5.32 Å². The second-order valence-corrected chi connectivity index (χ2v) is 17.8. The molecule has 0 heterocycles. The highest BCUT2D eigenvalue weighted by molar-refractivity contribution is 7.47. The Morgan fingerprint density at radius 3 is 1.29 bits per heavy atom. The zero-order chi connectivity index (χ0) is 41.6. The van der Waals surface area contributed by atoms with E-state index in [0.717, 1.165) is 38.5 Å². The van der Waals surface area contributed by atoms with Crippen molar-refractivity contribution >= 4 is 13.7 Å². The van der Waals surface area contributed by atoms with E-state index >= 15 is 0 Å². The molecule has 13 nitrogen and oxygen atoms in total. The van der Waals surface area contributed by atoms with E-state index in [-0.39, 0.29) is 12.8 Å². The molecule has 0 spiro atoms. The van der Waals surface area contributed by atoms with E-state index in [4.69, 9.17) is 9.05 Å². The first-order valence-corrected chi connectivity index (χ1v) is 24.1. The molecule has 1 amide bonds. The van der Waals surface area contributed by atoms with E-state index < -0.39 is 75.2 Å². The SMILES string of the molecule is CCCCCCCCCCCCCCCCCC(=O)N[C@@H](COP(=O)(O)OC1C(O)C(O)C(O)[C@@H](O)C1O)[C@H](O)[C@H](O)CCCCCCCCCCCCCC. The van der Waals surface area contributed by atoms with Gasteiger partial charge in [0.05, 0.1) is 18.8 Å². The van der Waals surface area contributed by atoms with Crippen LogP contribution in [0, 0.1) is 0 Å². The van der Waals surface area contributed by atoms with Gasteiger partial charge in [-0.3, -0.25) is 13.8 Å². The summed E-state index contributed by atoms with van der Waals surface area (Å²) >= 11 is 0. The third-order valence-electron chi connectivity index (χ3n) is 11.3. The fourth-order valence-electron chi connectivity index (χ4n) is 7.48. The summed E-state index contributed by atoms with van der Waals surface area (Å²) in [5.74, 6) is -0.419. The molecule has 0 radical (unpaired) electrons. The van der Waals surface area contributed by atoms with Gasteiger partial charge in [-0.15, -0.1) is 0 Å². The molecule has 14 heteroatoms. The Labute approximate surface area is 339 Å². The van der Waals surface area contributed by atoms with Gasteiger partial charge in [0.2, 0.25) is 5.91 Å². The third-order valence-corrected chi connectivity index (χ3v) is 12.2. The Bertz CT molecular complexity index is 979. The number of nitrogens with one attached hydrogen (secondary N) is 1. The topological polar surface area (TPSA) is 226 Å². The molecule has 6 unspecified atom stereocenters. The number of phosphoric acid groups is 1. The largest absolute Gasteiger partial charge is 0.472 e. The maximum absolute atomic E-state index is 13.0. The van der Waals surface area contributed by atoms with Crippen LogP contribution in [0.4, 0.5) is 0 Å². The van der Waals surface area contributed by atoms with Crippen LogP contribution in [0.15, 0.2) is 0 Å². The normalized spacial score (nSPS) is 24.1. The molecular weight excluding hydrogens is 741 g/mol. The summed E-state index contributed by atoms with van der Waals surface area (Å²) in [6, 6.07) is -1.30. The highest BCUT2D eigenvalue weighted by Crippen LogP contribution is 2.47. The van der Waals surface area contributed by atoms with Gasteiger partial charge in [-0.05, 0) is 12.8 Å². The molecule has 0 aromatic rings. The summed E-state index contributed by atoms with van der Waals surface area (Å²) in [6.07, 6.45) is 17.1. The molecule has 1 aliphatic rings. The van der Waals surface area contributed by atoms with Crippen LogP contribution >= 0.6 is 7.82 Å². The van der Waals surface area contributed by atoms with E-state index in [1.807, 2.05) is 0 Å². The first kappa shape index (κ1) is 53.3. The van der Waals surface area contributed by atoms with Crippen LogP contribution in [0.3, 0.4) is 0 Å². The summed E-state index contributed by atoms with van der Waals surface area (Å²) < 4.78 is 22.8. The summed E-state index contributed by atoms with van der Waals surface area (Å²) in [5, 5.41) is 74.8. The first-order valence-electron chi connectivity index (χ1n) is 22.6. The molecule has 0 aromatic carbocycles. The molecule has 1 rings (SSSR count). The van der Waals surface area contributed by atoms with Crippen molar-refractivity contribution in [1.29, 1.82) is 0 Å². The predicted octanol–water partition coefficient (Wildman–Crippen LogP) is 6.87. The zero-order valence-corrected chi connectivity index (χ0v) is 36.0. The molecule has 1 aliphatic carbocycles. The highest BCUT2D eigenvalue weighted by atomic mass is 31.2. The molecule has 334 valence electrons. The number of phosphoric ester groups is 1. The monoisotopic (exact) mass is 826 g/mol. The van der Waals surface area contributed by atoms with Gasteiger partial charge in [-0.1, -0.05) is 181 Å². The minimum Gasteiger partial charge on any atom is -0.390 e. The molecule has 10 atom stereocenters. The first-order chi connectivity index (χ1) is 26.9. The Balaban J connectivity index is 2.55. The summed E-state index contributed by atoms with van der Waals surface area (Å²) in [7, 11) is -5.15. The highest BCUT2D eigenvalue weighted by Gasteiger charge is 2.51. The predicted molar refractivity (Wildman–Crippen MR) is 220 cm³/mol. The van der Waals surface area contributed by atoms with Crippen molar-refractivity contribution in [3.63, 3.8) is 0 Å². The smallest absolute Gasteiger partial charge is 0.390 e. The Hall–Kier alpha value is -0.700. The van der Waals surface area contributed by atoms with E-state index in [0.29, 0.717) is 12.8 Å². The molecule has 1 fully saturated rings. The van der Waals surface area contributed by atoms with Gasteiger partial charge in [0.1, 0.15) is 42.7 Å². The number of unbranched alkanes of at least 4 members (excludes halogenated alkanes) is 25.